The van der Waals surface area contributed by atoms with Crippen LogP contribution in [0.25, 0.3) is 11.3 Å². The summed E-state index contributed by atoms with van der Waals surface area (Å²) in [5.74, 6) is -1.14. The molecule has 3 rings (SSSR count). The van der Waals surface area contributed by atoms with Gasteiger partial charge in [-0.25, -0.2) is 8.42 Å². The van der Waals surface area contributed by atoms with Crippen molar-refractivity contribution in [3.05, 3.63) is 34.5 Å². The van der Waals surface area contributed by atoms with E-state index in [1.54, 1.807) is 6.92 Å². The third-order valence-electron chi connectivity index (χ3n) is 7.57. The molecule has 0 bridgehead atoms. The zero-order valence-corrected chi connectivity index (χ0v) is 24.5. The topological polar surface area (TPSA) is 111 Å². The quantitative estimate of drug-likeness (QED) is 0.323. The normalized spacial score (nSPS) is 19.3. The van der Waals surface area contributed by atoms with Crippen LogP contribution < -0.4 is 10.1 Å². The molecule has 1 aromatic carbocycles. The van der Waals surface area contributed by atoms with E-state index in [-0.39, 0.29) is 46.5 Å². The molecule has 8 nitrogen and oxygen atoms in total. The van der Waals surface area contributed by atoms with E-state index in [4.69, 9.17) is 11.6 Å². The average Bonchev–Trinajstić information content (AvgIpc) is 3.21. The molecule has 2 aromatic rings. The first-order valence-electron chi connectivity index (χ1n) is 13.0. The van der Waals surface area contributed by atoms with Crippen molar-refractivity contribution in [2.24, 2.45) is 11.3 Å². The van der Waals surface area contributed by atoms with Gasteiger partial charge in [-0.15, -0.1) is 0 Å². The third kappa shape index (κ3) is 7.31. The first-order valence-corrected chi connectivity index (χ1v) is 15.3. The van der Waals surface area contributed by atoms with E-state index in [2.05, 4.69) is 15.2 Å². The number of benzene rings is 1. The molecule has 15 heteroatoms. The fourth-order valence-electron chi connectivity index (χ4n) is 4.83. The van der Waals surface area contributed by atoms with Crippen LogP contribution in [-0.2, 0) is 16.4 Å². The molecule has 0 radical (unpaired) electrons. The van der Waals surface area contributed by atoms with Gasteiger partial charge in [-0.1, -0.05) is 17.7 Å². The number of nitrogens with one attached hydrogen (secondary N) is 1. The van der Waals surface area contributed by atoms with Crippen molar-refractivity contribution >= 4 is 27.3 Å². The number of sulfone groups is 1. The molecule has 1 amide bonds. The van der Waals surface area contributed by atoms with E-state index in [0.717, 1.165) is 26.0 Å². The smallest absolute Gasteiger partial charge is 0.396 e. The Balaban J connectivity index is 1.90. The summed E-state index contributed by atoms with van der Waals surface area (Å²) in [5.41, 5.74) is -3.15. The predicted octanol–water partition coefficient (Wildman–Crippen LogP) is 5.78. The summed E-state index contributed by atoms with van der Waals surface area (Å²) >= 11 is 6.52. The Morgan fingerprint density at radius 1 is 1.22 bits per heavy atom. The minimum absolute atomic E-state index is 0.0275. The van der Waals surface area contributed by atoms with Crippen LogP contribution in [0.1, 0.15) is 68.6 Å². The lowest BCUT2D eigenvalue weighted by molar-refractivity contribution is -0.243. The average molecular weight is 630 g/mol. The first-order chi connectivity index (χ1) is 18.9. The highest BCUT2D eigenvalue weighted by molar-refractivity contribution is 7.91. The number of rotatable bonds is 10. The second kappa shape index (κ2) is 12.4. The fraction of sp³-hybridized carbons (Fsp3) is 0.615. The molecule has 0 aliphatic heterocycles. The SMILES string of the molecule is CCn1nc(C(=O)NCC2CCC(S(C)(=O)=O)CC2)c(Cl)c1-c1ccc(C(O)C(C)(C)C(F)(F)F)cc1OC(F)F. The highest BCUT2D eigenvalue weighted by atomic mass is 35.5. The highest BCUT2D eigenvalue weighted by Gasteiger charge is 2.52. The van der Waals surface area contributed by atoms with Gasteiger partial charge in [0.25, 0.3) is 5.91 Å². The van der Waals surface area contributed by atoms with Gasteiger partial charge in [0.1, 0.15) is 15.6 Å². The molecule has 0 saturated heterocycles. The van der Waals surface area contributed by atoms with Gasteiger partial charge in [0, 0.05) is 24.9 Å². The van der Waals surface area contributed by atoms with Crippen molar-refractivity contribution < 1.29 is 45.0 Å². The number of aryl methyl sites for hydroxylation is 1. The fourth-order valence-corrected chi connectivity index (χ4v) is 6.28. The van der Waals surface area contributed by atoms with Crippen molar-refractivity contribution in [3.8, 4) is 17.0 Å². The Morgan fingerprint density at radius 2 is 1.83 bits per heavy atom. The number of aliphatic hydroxyl groups excluding tert-OH is 1. The number of hydrogen-bond donors (Lipinski definition) is 2. The van der Waals surface area contributed by atoms with Crippen molar-refractivity contribution in [1.29, 1.82) is 0 Å². The molecule has 1 heterocycles. The Labute approximate surface area is 240 Å². The molecule has 230 valence electrons. The van der Waals surface area contributed by atoms with Crippen molar-refractivity contribution in [2.45, 2.75) is 77.1 Å². The number of carbonyl (C=O) groups excluding carboxylic acids is 1. The van der Waals surface area contributed by atoms with Gasteiger partial charge in [-0.2, -0.15) is 27.1 Å². The summed E-state index contributed by atoms with van der Waals surface area (Å²) in [7, 11) is -3.13. The lowest BCUT2D eigenvalue weighted by Gasteiger charge is -2.33. The van der Waals surface area contributed by atoms with Gasteiger partial charge in [-0.05, 0) is 70.1 Å². The van der Waals surface area contributed by atoms with Crippen molar-refractivity contribution in [1.82, 2.24) is 15.1 Å². The van der Waals surface area contributed by atoms with Crippen LogP contribution in [0, 0.1) is 11.3 Å². The monoisotopic (exact) mass is 629 g/mol. The number of hydrogen-bond acceptors (Lipinski definition) is 6. The Bertz CT molecular complexity index is 1360. The summed E-state index contributed by atoms with van der Waals surface area (Å²) in [5, 5.41) is 16.8. The molecule has 0 spiro atoms. The zero-order chi connectivity index (χ0) is 30.9. The summed E-state index contributed by atoms with van der Waals surface area (Å²) in [4.78, 5) is 13.0. The minimum atomic E-state index is -4.80. The zero-order valence-electron chi connectivity index (χ0n) is 22.9. The first kappa shape index (κ1) is 33.1. The largest absolute Gasteiger partial charge is 0.434 e. The van der Waals surface area contributed by atoms with Gasteiger partial charge in [-0.3, -0.25) is 9.48 Å². The number of ether oxygens (including phenoxy) is 1. The third-order valence-corrected chi connectivity index (χ3v) is 9.61. The summed E-state index contributed by atoms with van der Waals surface area (Å²) < 4.78 is 96.6. The van der Waals surface area contributed by atoms with Gasteiger partial charge < -0.3 is 15.2 Å². The molecular weight excluding hydrogens is 597 g/mol. The van der Waals surface area contributed by atoms with Crippen LogP contribution in [-0.4, -0.2) is 60.1 Å². The van der Waals surface area contributed by atoms with Crippen LogP contribution in [0.15, 0.2) is 18.2 Å². The predicted molar refractivity (Wildman–Crippen MR) is 143 cm³/mol. The molecule has 1 aromatic heterocycles. The second-order valence-electron chi connectivity index (χ2n) is 10.8. The van der Waals surface area contributed by atoms with E-state index in [1.165, 1.54) is 17.0 Å². The number of halogens is 6. The van der Waals surface area contributed by atoms with Gasteiger partial charge in [0.2, 0.25) is 0 Å². The Morgan fingerprint density at radius 3 is 2.34 bits per heavy atom. The van der Waals surface area contributed by atoms with Gasteiger partial charge >= 0.3 is 12.8 Å². The number of aromatic nitrogens is 2. The molecule has 1 fully saturated rings. The number of alkyl halides is 5. The van der Waals surface area contributed by atoms with Crippen LogP contribution >= 0.6 is 11.6 Å². The summed E-state index contributed by atoms with van der Waals surface area (Å²) in [6.07, 6.45) is -3.49. The maximum absolute atomic E-state index is 13.5. The van der Waals surface area contributed by atoms with E-state index in [9.17, 15) is 40.3 Å². The number of carbonyl (C=O) groups is 1. The summed E-state index contributed by atoms with van der Waals surface area (Å²) in [6, 6.07) is 3.21. The number of nitrogens with zero attached hydrogens (tertiary/aromatic N) is 2. The molecule has 2 N–H and O–H groups in total. The minimum Gasteiger partial charge on any atom is -0.434 e. The van der Waals surface area contributed by atoms with Gasteiger partial charge in [0.05, 0.1) is 27.5 Å². The highest BCUT2D eigenvalue weighted by Crippen LogP contribution is 2.48. The van der Waals surface area contributed by atoms with E-state index < -0.39 is 51.1 Å². The van der Waals surface area contributed by atoms with Crippen molar-refractivity contribution in [2.75, 3.05) is 12.8 Å². The lowest BCUT2D eigenvalue weighted by Crippen LogP contribution is -2.37. The van der Waals surface area contributed by atoms with Crippen molar-refractivity contribution in [3.63, 3.8) is 0 Å². The molecule has 1 unspecified atom stereocenters. The molecule has 1 aliphatic rings. The van der Waals surface area contributed by atoms with Crippen LogP contribution in [0.5, 0.6) is 5.75 Å². The maximum atomic E-state index is 13.5. The van der Waals surface area contributed by atoms with E-state index in [1.807, 2.05) is 0 Å². The molecule has 1 saturated carbocycles. The van der Waals surface area contributed by atoms with E-state index >= 15 is 0 Å². The van der Waals surface area contributed by atoms with Crippen LogP contribution in [0.2, 0.25) is 5.02 Å². The number of aliphatic hydroxyl groups is 1. The molecular formula is C26H33ClF5N3O5S. The number of amides is 1. The maximum Gasteiger partial charge on any atom is 0.396 e. The Kier molecular flexibility index (Phi) is 10.0. The van der Waals surface area contributed by atoms with Crippen LogP contribution in [0.4, 0.5) is 22.0 Å². The second-order valence-corrected chi connectivity index (χ2v) is 13.5. The lowest BCUT2D eigenvalue weighted by atomic mass is 9.81. The van der Waals surface area contributed by atoms with Gasteiger partial charge in [0.15, 0.2) is 5.69 Å². The molecule has 1 aliphatic carbocycles. The van der Waals surface area contributed by atoms with E-state index in [0.29, 0.717) is 25.7 Å². The van der Waals surface area contributed by atoms with Crippen LogP contribution in [0.3, 0.4) is 0 Å². The summed E-state index contributed by atoms with van der Waals surface area (Å²) in [6.45, 7) is 0.272. The standard InChI is InChI=1S/C26H33ClF5N3O5S/c1-5-35-21(17-11-8-15(12-18(17)40-24(28)29)22(36)25(2,3)26(30,31)32)19(27)20(34-35)23(37)33-13-14-6-9-16(10-7-14)41(4,38)39/h8,11-12,14,16,22,24,36H,5-7,9-10,13H2,1-4H3,(H,33,37). The molecule has 1 atom stereocenters. The Hall–Kier alpha value is -2.45. The molecule has 41 heavy (non-hydrogen) atoms.